The van der Waals surface area contributed by atoms with E-state index >= 15 is 0 Å². The molecular weight excluding hydrogens is 399 g/mol. The zero-order chi connectivity index (χ0) is 19.3. The molecule has 0 bridgehead atoms. The summed E-state index contributed by atoms with van der Waals surface area (Å²) in [7, 11) is 0. The van der Waals surface area contributed by atoms with Crippen molar-refractivity contribution >= 4 is 44.7 Å². The number of aromatic nitrogens is 1. The number of halogens is 2. The predicted octanol–water partition coefficient (Wildman–Crippen LogP) is 5.05. The van der Waals surface area contributed by atoms with E-state index in [0.717, 1.165) is 28.0 Å². The molecule has 2 aromatic heterocycles. The molecule has 28 heavy (non-hydrogen) atoms. The first-order valence-electron chi connectivity index (χ1n) is 8.68. The smallest absolute Gasteiger partial charge is 0.266 e. The van der Waals surface area contributed by atoms with Crippen LogP contribution in [-0.4, -0.2) is 16.6 Å². The van der Waals surface area contributed by atoms with Crippen molar-refractivity contribution in [2.24, 2.45) is 5.73 Å². The number of hydrogen-bond donors (Lipinski definition) is 3. The highest BCUT2D eigenvalue weighted by Crippen LogP contribution is 2.41. The summed E-state index contributed by atoms with van der Waals surface area (Å²) in [6.45, 7) is 4.41. The maximum atomic E-state index is 13.9. The molecule has 2 aromatic carbocycles. The minimum atomic E-state index is -0.429. The standard InChI is InChI=1S/C21H19FN2O2S.ClH/c1-10-7-15(25)17(13-5-3-12(4-6-13)11(2)9-23)18-14-8-16(22)27-20(14)21(26)24-19(10)18;/h3-8,11,25H,9,23H2,1-2H3,(H,24,26);1H/t11-;/m0./s1. The van der Waals surface area contributed by atoms with Crippen LogP contribution in [0.3, 0.4) is 0 Å². The Balaban J connectivity index is 0.00000225. The third-order valence-electron chi connectivity index (χ3n) is 5.04. The Morgan fingerprint density at radius 3 is 2.57 bits per heavy atom. The van der Waals surface area contributed by atoms with Crippen LogP contribution in [0.25, 0.3) is 32.1 Å². The average molecular weight is 419 g/mol. The topological polar surface area (TPSA) is 79.1 Å². The molecule has 4 N–H and O–H groups in total. The van der Waals surface area contributed by atoms with Crippen LogP contribution in [0.15, 0.2) is 41.2 Å². The van der Waals surface area contributed by atoms with Crippen LogP contribution in [0.1, 0.15) is 24.0 Å². The van der Waals surface area contributed by atoms with E-state index in [1.807, 2.05) is 31.2 Å². The quantitative estimate of drug-likeness (QED) is 0.435. The van der Waals surface area contributed by atoms with Crippen LogP contribution < -0.4 is 11.3 Å². The molecule has 7 heteroatoms. The molecule has 0 aliphatic rings. The molecule has 0 saturated carbocycles. The molecule has 4 aromatic rings. The molecule has 146 valence electrons. The van der Waals surface area contributed by atoms with Crippen LogP contribution in [-0.2, 0) is 0 Å². The van der Waals surface area contributed by atoms with E-state index in [0.29, 0.717) is 33.1 Å². The molecule has 0 amide bonds. The number of aromatic amines is 1. The summed E-state index contributed by atoms with van der Waals surface area (Å²) in [5.41, 5.74) is 9.24. The molecule has 4 nitrogen and oxygen atoms in total. The number of aryl methyl sites for hydroxylation is 1. The van der Waals surface area contributed by atoms with Crippen molar-refractivity contribution in [2.75, 3.05) is 6.54 Å². The van der Waals surface area contributed by atoms with Crippen LogP contribution >= 0.6 is 23.7 Å². The van der Waals surface area contributed by atoms with Gasteiger partial charge in [-0.3, -0.25) is 4.79 Å². The molecule has 0 unspecified atom stereocenters. The van der Waals surface area contributed by atoms with Crippen LogP contribution in [0.5, 0.6) is 5.75 Å². The maximum Gasteiger partial charge on any atom is 0.266 e. The number of phenols is 1. The third kappa shape index (κ3) is 3.17. The fraction of sp³-hybridized carbons (Fsp3) is 0.190. The van der Waals surface area contributed by atoms with Crippen LogP contribution in [0.2, 0.25) is 0 Å². The summed E-state index contributed by atoms with van der Waals surface area (Å²) in [6, 6.07) is 10.8. The van der Waals surface area contributed by atoms with E-state index in [4.69, 9.17) is 5.73 Å². The van der Waals surface area contributed by atoms with Gasteiger partial charge in [0.25, 0.3) is 5.56 Å². The molecule has 0 radical (unpaired) electrons. The lowest BCUT2D eigenvalue weighted by Crippen LogP contribution is -2.08. The second-order valence-electron chi connectivity index (χ2n) is 6.84. The minimum Gasteiger partial charge on any atom is -0.507 e. The van der Waals surface area contributed by atoms with Gasteiger partial charge in [-0.1, -0.05) is 31.2 Å². The number of nitrogens with two attached hydrogens (primary N) is 1. The number of thiophene rings is 1. The Morgan fingerprint density at radius 2 is 1.93 bits per heavy atom. The zero-order valence-corrected chi connectivity index (χ0v) is 17.0. The molecule has 0 saturated heterocycles. The molecule has 4 rings (SSSR count). The van der Waals surface area contributed by atoms with Gasteiger partial charge in [0.05, 0.1) is 5.52 Å². The van der Waals surface area contributed by atoms with Gasteiger partial charge in [-0.2, -0.15) is 4.39 Å². The summed E-state index contributed by atoms with van der Waals surface area (Å²) >= 11 is 0.813. The lowest BCUT2D eigenvalue weighted by Gasteiger charge is -2.14. The highest BCUT2D eigenvalue weighted by Gasteiger charge is 2.19. The molecule has 0 fully saturated rings. The van der Waals surface area contributed by atoms with E-state index in [-0.39, 0.29) is 29.6 Å². The van der Waals surface area contributed by atoms with Gasteiger partial charge in [0.15, 0.2) is 5.13 Å². The van der Waals surface area contributed by atoms with Gasteiger partial charge in [0.1, 0.15) is 10.4 Å². The summed E-state index contributed by atoms with van der Waals surface area (Å²) in [5, 5.41) is 11.4. The number of nitrogens with one attached hydrogen (secondary N) is 1. The Hall–Kier alpha value is -2.41. The number of hydrogen-bond acceptors (Lipinski definition) is 4. The van der Waals surface area contributed by atoms with Crippen molar-refractivity contribution in [1.82, 2.24) is 4.98 Å². The van der Waals surface area contributed by atoms with Crippen LogP contribution in [0, 0.1) is 12.1 Å². The monoisotopic (exact) mass is 418 g/mol. The summed E-state index contributed by atoms with van der Waals surface area (Å²) in [4.78, 5) is 15.2. The van der Waals surface area contributed by atoms with E-state index in [9.17, 15) is 14.3 Å². The normalized spacial score (nSPS) is 12.3. The van der Waals surface area contributed by atoms with E-state index < -0.39 is 5.13 Å². The number of phenolic OH excluding ortho intramolecular Hbond substituents is 1. The highest BCUT2D eigenvalue weighted by atomic mass is 35.5. The fourth-order valence-corrected chi connectivity index (χ4v) is 4.31. The Labute approximate surface area is 171 Å². The SMILES string of the molecule is Cc1cc(O)c(-c2ccc([C@@H](C)CN)cc2)c2c1[nH]c(=O)c1sc(F)cc12.Cl. The largest absolute Gasteiger partial charge is 0.507 e. The third-order valence-corrected chi connectivity index (χ3v) is 5.96. The van der Waals surface area contributed by atoms with Crippen molar-refractivity contribution in [3.8, 4) is 16.9 Å². The summed E-state index contributed by atoms with van der Waals surface area (Å²) in [6.07, 6.45) is 0. The highest BCUT2D eigenvalue weighted by molar-refractivity contribution is 7.17. The molecule has 1 atom stereocenters. The van der Waals surface area contributed by atoms with Gasteiger partial charge in [-0.15, -0.1) is 23.7 Å². The number of benzene rings is 2. The Kier molecular flexibility index (Phi) is 5.48. The predicted molar refractivity (Wildman–Crippen MR) is 116 cm³/mol. The number of aromatic hydroxyl groups is 1. The number of rotatable bonds is 3. The first-order chi connectivity index (χ1) is 12.9. The van der Waals surface area contributed by atoms with Crippen molar-refractivity contribution < 1.29 is 9.50 Å². The van der Waals surface area contributed by atoms with Crippen LogP contribution in [0.4, 0.5) is 4.39 Å². The fourth-order valence-electron chi connectivity index (χ4n) is 3.52. The Bertz CT molecular complexity index is 1230. The number of fused-ring (bicyclic) bond motifs is 3. The van der Waals surface area contributed by atoms with Gasteiger partial charge in [-0.25, -0.2) is 0 Å². The first kappa shape index (κ1) is 20.3. The van der Waals surface area contributed by atoms with Gasteiger partial charge < -0.3 is 15.8 Å². The van der Waals surface area contributed by atoms with Gasteiger partial charge in [-0.05, 0) is 48.2 Å². The minimum absolute atomic E-state index is 0. The van der Waals surface area contributed by atoms with Crippen molar-refractivity contribution in [3.63, 3.8) is 0 Å². The molecule has 0 spiro atoms. The molecule has 0 aliphatic carbocycles. The summed E-state index contributed by atoms with van der Waals surface area (Å²) in [5.74, 6) is 0.330. The van der Waals surface area contributed by atoms with Crippen molar-refractivity contribution in [1.29, 1.82) is 0 Å². The van der Waals surface area contributed by atoms with Crippen molar-refractivity contribution in [3.05, 3.63) is 63.0 Å². The average Bonchev–Trinajstić information content (AvgIpc) is 3.05. The first-order valence-corrected chi connectivity index (χ1v) is 9.50. The van der Waals surface area contributed by atoms with E-state index in [1.165, 1.54) is 6.07 Å². The zero-order valence-electron chi connectivity index (χ0n) is 15.4. The van der Waals surface area contributed by atoms with E-state index in [2.05, 4.69) is 11.9 Å². The number of H-pyrrole nitrogens is 1. The maximum absolute atomic E-state index is 13.9. The lowest BCUT2D eigenvalue weighted by atomic mass is 9.93. The van der Waals surface area contributed by atoms with Gasteiger partial charge in [0.2, 0.25) is 0 Å². The lowest BCUT2D eigenvalue weighted by molar-refractivity contribution is 0.477. The number of pyridine rings is 1. The van der Waals surface area contributed by atoms with E-state index in [1.54, 1.807) is 6.07 Å². The second kappa shape index (κ2) is 7.54. The second-order valence-corrected chi connectivity index (χ2v) is 7.85. The van der Waals surface area contributed by atoms with Gasteiger partial charge in [0, 0.05) is 16.3 Å². The molecular formula is C21H20ClFN2O2S. The Morgan fingerprint density at radius 1 is 1.25 bits per heavy atom. The molecule has 0 aliphatic heterocycles. The summed E-state index contributed by atoms with van der Waals surface area (Å²) < 4.78 is 14.3. The van der Waals surface area contributed by atoms with Gasteiger partial charge >= 0.3 is 0 Å². The van der Waals surface area contributed by atoms with Crippen molar-refractivity contribution in [2.45, 2.75) is 19.8 Å². The molecule has 2 heterocycles.